The van der Waals surface area contributed by atoms with Gasteiger partial charge in [-0.2, -0.15) is 0 Å². The van der Waals surface area contributed by atoms with E-state index in [4.69, 9.17) is 56.8 Å². The van der Waals surface area contributed by atoms with Gasteiger partial charge in [-0.15, -0.1) is 0 Å². The van der Waals surface area contributed by atoms with Crippen LogP contribution in [0.5, 0.6) is 11.5 Å². The van der Waals surface area contributed by atoms with Crippen LogP contribution in [0, 0.1) is 0 Å². The number of hydrogen-bond donors (Lipinski definition) is 1. The van der Waals surface area contributed by atoms with E-state index in [1.807, 2.05) is 30.3 Å². The van der Waals surface area contributed by atoms with Crippen LogP contribution >= 0.6 is 0 Å². The monoisotopic (exact) mass is 896 g/mol. The van der Waals surface area contributed by atoms with Crippen molar-refractivity contribution in [3.05, 3.63) is 95.6 Å². The summed E-state index contributed by atoms with van der Waals surface area (Å²) in [5.41, 5.74) is 0.389. The van der Waals surface area contributed by atoms with E-state index in [9.17, 15) is 33.9 Å². The van der Waals surface area contributed by atoms with Crippen LogP contribution < -0.4 is 9.47 Å². The maximum absolute atomic E-state index is 12.7. The Labute approximate surface area is 369 Å². The molecule has 64 heavy (non-hydrogen) atoms. The maximum Gasteiger partial charge on any atom is 0.303 e. The topological polar surface area (TPSA) is 233 Å². The van der Waals surface area contributed by atoms with Gasteiger partial charge in [0, 0.05) is 41.5 Å². The summed E-state index contributed by atoms with van der Waals surface area (Å²) in [5, 5.41) is 12.1. The molecule has 5 rings (SSSR count). The second-order valence-corrected chi connectivity index (χ2v) is 14.8. The summed E-state index contributed by atoms with van der Waals surface area (Å²) in [6.45, 7) is 4.38. The lowest BCUT2D eigenvalue weighted by Crippen LogP contribution is -2.65. The first-order valence-electron chi connectivity index (χ1n) is 20.1. The Morgan fingerprint density at radius 3 is 1.55 bits per heavy atom. The minimum atomic E-state index is -2.50. The number of esters is 6. The predicted octanol–water partition coefficient (Wildman–Crippen LogP) is 3.06. The Bertz CT molecular complexity index is 2040. The van der Waals surface area contributed by atoms with Crippen LogP contribution in [-0.2, 0) is 81.7 Å². The fraction of sp³-hybridized carbons (Fsp3) is 0.467. The van der Waals surface area contributed by atoms with Crippen molar-refractivity contribution >= 4 is 35.8 Å². The van der Waals surface area contributed by atoms with Crippen molar-refractivity contribution in [1.29, 1.82) is 0 Å². The van der Waals surface area contributed by atoms with Gasteiger partial charge in [-0.1, -0.05) is 54.6 Å². The van der Waals surface area contributed by atoms with Crippen LogP contribution in [0.3, 0.4) is 0 Å². The molecule has 19 heteroatoms. The molecule has 2 aliphatic heterocycles. The highest BCUT2D eigenvalue weighted by atomic mass is 16.8. The largest absolute Gasteiger partial charge is 0.497 e. The van der Waals surface area contributed by atoms with Crippen molar-refractivity contribution in [2.45, 2.75) is 102 Å². The van der Waals surface area contributed by atoms with Gasteiger partial charge < -0.3 is 61.9 Å². The van der Waals surface area contributed by atoms with Crippen LogP contribution in [0.2, 0.25) is 0 Å². The number of aliphatic hydroxyl groups excluding tert-OH is 1. The molecule has 2 fully saturated rings. The lowest BCUT2D eigenvalue weighted by atomic mass is 9.80. The first-order valence-corrected chi connectivity index (χ1v) is 20.1. The molecule has 0 saturated carbocycles. The molecule has 0 spiro atoms. The molecule has 3 aromatic rings. The van der Waals surface area contributed by atoms with Gasteiger partial charge in [-0.05, 0) is 41.0 Å². The zero-order valence-corrected chi connectivity index (χ0v) is 36.5. The maximum atomic E-state index is 12.7. The van der Waals surface area contributed by atoms with E-state index in [0.717, 1.165) is 41.5 Å². The van der Waals surface area contributed by atoms with E-state index in [1.165, 1.54) is 14.2 Å². The number of carbonyl (C=O) groups excluding carboxylic acids is 6. The number of aliphatic hydroxyl groups is 1. The summed E-state index contributed by atoms with van der Waals surface area (Å²) in [6, 6.07) is 23.3. The fourth-order valence-electron chi connectivity index (χ4n) is 7.52. The summed E-state index contributed by atoms with van der Waals surface area (Å²) in [7, 11) is 3.06. The molecule has 9 atom stereocenters. The Morgan fingerprint density at radius 1 is 0.578 bits per heavy atom. The summed E-state index contributed by atoms with van der Waals surface area (Å²) in [4.78, 5) is 75.0. The first-order chi connectivity index (χ1) is 30.4. The number of benzene rings is 3. The molecular formula is C45H52O19. The number of hydrogen-bond acceptors (Lipinski definition) is 19. The Kier molecular flexibility index (Phi) is 16.4. The van der Waals surface area contributed by atoms with Gasteiger partial charge in [0.2, 0.25) is 12.1 Å². The summed E-state index contributed by atoms with van der Waals surface area (Å²) < 4.78 is 70.0. The van der Waals surface area contributed by atoms with Gasteiger partial charge in [-0.3, -0.25) is 28.8 Å². The van der Waals surface area contributed by atoms with Crippen LogP contribution in [0.15, 0.2) is 78.9 Å². The minimum absolute atomic E-state index is 0.505. The molecule has 0 aliphatic carbocycles. The van der Waals surface area contributed by atoms with Crippen LogP contribution in [-0.4, -0.2) is 130 Å². The quantitative estimate of drug-likeness (QED) is 0.110. The molecule has 2 heterocycles. The van der Waals surface area contributed by atoms with Crippen LogP contribution in [0.25, 0.3) is 0 Å². The highest BCUT2D eigenvalue weighted by Crippen LogP contribution is 2.44. The molecule has 2 aliphatic rings. The number of methoxy groups -OCH3 is 2. The molecule has 19 nitrogen and oxygen atoms in total. The molecular weight excluding hydrogens is 844 g/mol. The van der Waals surface area contributed by atoms with Gasteiger partial charge >= 0.3 is 35.8 Å². The van der Waals surface area contributed by atoms with E-state index >= 15 is 0 Å². The van der Waals surface area contributed by atoms with Crippen LogP contribution in [0.1, 0.15) is 58.2 Å². The molecule has 3 aromatic carbocycles. The first kappa shape index (κ1) is 48.9. The Hall–Kier alpha value is -6.12. The SMILES string of the molecule is COc1ccc(C(OC[C@H]2O[C@H](O[C@]3(COC(C)=O)O[C@H](COC(C)=O)[C@@H](OC(C)=O)[C@@H]3OC(C)=O)[C@H](OC(C)=O)[C@@H](OC(C)=O)[C@@H]2O)(c2ccccc2)c2ccc(OC)cc2)cc1. The predicted molar refractivity (Wildman–Crippen MR) is 217 cm³/mol. The highest BCUT2D eigenvalue weighted by molar-refractivity contribution is 5.69. The zero-order chi connectivity index (χ0) is 46.8. The third-order valence-corrected chi connectivity index (χ3v) is 10.1. The van der Waals surface area contributed by atoms with Crippen molar-refractivity contribution in [2.24, 2.45) is 0 Å². The molecule has 0 unspecified atom stereocenters. The van der Waals surface area contributed by atoms with Crippen molar-refractivity contribution in [3.63, 3.8) is 0 Å². The second-order valence-electron chi connectivity index (χ2n) is 14.8. The molecule has 0 bridgehead atoms. The van der Waals surface area contributed by atoms with Crippen molar-refractivity contribution < 1.29 is 90.7 Å². The van der Waals surface area contributed by atoms with Gasteiger partial charge in [0.05, 0.1) is 20.8 Å². The summed E-state index contributed by atoms with van der Waals surface area (Å²) >= 11 is 0. The van der Waals surface area contributed by atoms with E-state index in [2.05, 4.69) is 0 Å². The molecule has 346 valence electrons. The number of ether oxygens (including phenoxy) is 12. The standard InChI is InChI=1S/C45H52O19/c1-25(46)55-22-37-39(58-27(3)48)42(61-30(6)51)44(63-37,24-56-26(2)47)64-43-41(60-29(5)50)40(59-28(4)49)38(52)36(62-43)23-57-45(31-12-10-9-11-13-31,32-14-18-34(53-7)19-15-32)33-16-20-35(54-8)21-17-33/h9-21,36-43,52H,22-24H2,1-8H3/t36-,37-,38-,39-,40+,41-,42+,43-,44+/m1/s1. The van der Waals surface area contributed by atoms with Crippen molar-refractivity contribution in [3.8, 4) is 11.5 Å². The molecule has 0 amide bonds. The minimum Gasteiger partial charge on any atom is -0.497 e. The van der Waals surface area contributed by atoms with Gasteiger partial charge in [-0.25, -0.2) is 0 Å². The van der Waals surface area contributed by atoms with Gasteiger partial charge in [0.25, 0.3) is 0 Å². The van der Waals surface area contributed by atoms with E-state index in [-0.39, 0.29) is 0 Å². The van der Waals surface area contributed by atoms with E-state index < -0.39 is 116 Å². The van der Waals surface area contributed by atoms with Crippen molar-refractivity contribution in [1.82, 2.24) is 0 Å². The molecule has 2 saturated heterocycles. The third kappa shape index (κ3) is 11.5. The van der Waals surface area contributed by atoms with Gasteiger partial charge in [0.1, 0.15) is 48.6 Å². The summed E-state index contributed by atoms with van der Waals surface area (Å²) in [5.74, 6) is -6.66. The smallest absolute Gasteiger partial charge is 0.303 e. The van der Waals surface area contributed by atoms with E-state index in [0.29, 0.717) is 28.2 Å². The van der Waals surface area contributed by atoms with Crippen molar-refractivity contribution in [2.75, 3.05) is 34.0 Å². The molecule has 1 N–H and O–H groups in total. The second kappa shape index (κ2) is 21.5. The Morgan fingerprint density at radius 2 is 1.06 bits per heavy atom. The fourth-order valence-corrected chi connectivity index (χ4v) is 7.52. The lowest BCUT2D eigenvalue weighted by Gasteiger charge is -2.46. The van der Waals surface area contributed by atoms with E-state index in [1.54, 1.807) is 48.5 Å². The molecule has 0 aromatic heterocycles. The summed E-state index contributed by atoms with van der Waals surface area (Å²) in [6.07, 6.45) is -13.6. The average Bonchev–Trinajstić information content (AvgIpc) is 3.52. The zero-order valence-electron chi connectivity index (χ0n) is 36.5. The average molecular weight is 897 g/mol. The number of rotatable bonds is 18. The van der Waals surface area contributed by atoms with Gasteiger partial charge in [0.15, 0.2) is 24.4 Å². The third-order valence-electron chi connectivity index (χ3n) is 10.1. The Balaban J connectivity index is 1.67. The number of carbonyl (C=O) groups is 6. The highest BCUT2D eigenvalue weighted by Gasteiger charge is 2.64. The normalized spacial score (nSPS) is 25.3. The molecule has 0 radical (unpaired) electrons. The van der Waals surface area contributed by atoms with Crippen LogP contribution in [0.4, 0.5) is 0 Å². The lowest BCUT2D eigenvalue weighted by molar-refractivity contribution is -0.385.